The summed E-state index contributed by atoms with van der Waals surface area (Å²) in [6.07, 6.45) is 7.37. The monoisotopic (exact) mass is 240 g/mol. The van der Waals surface area contributed by atoms with Gasteiger partial charge in [-0.1, -0.05) is 0 Å². The van der Waals surface area contributed by atoms with Crippen LogP contribution in [0.25, 0.3) is 0 Å². The number of aliphatic carboxylic acids is 1. The second-order valence-electron chi connectivity index (χ2n) is 4.50. The smallest absolute Gasteiger partial charge is 0.315 e. The maximum atomic E-state index is 11.4. The van der Waals surface area contributed by atoms with E-state index in [1.54, 1.807) is 13.8 Å². The number of carboxylic acid groups (broad SMARTS) is 1. The van der Waals surface area contributed by atoms with Crippen molar-refractivity contribution in [2.45, 2.75) is 45.1 Å². The van der Waals surface area contributed by atoms with E-state index in [9.17, 15) is 9.59 Å². The van der Waals surface area contributed by atoms with Crippen LogP contribution in [0.15, 0.2) is 0 Å². The number of rotatable bonds is 7. The fraction of sp³-hybridized carbons (Fsp3) is 0.667. The molecule has 17 heavy (non-hydrogen) atoms. The van der Waals surface area contributed by atoms with Gasteiger partial charge in [-0.2, -0.15) is 0 Å². The largest absolute Gasteiger partial charge is 0.481 e. The van der Waals surface area contributed by atoms with Crippen LogP contribution in [0.4, 0.5) is 4.79 Å². The van der Waals surface area contributed by atoms with Gasteiger partial charge in [0.05, 0.1) is 6.42 Å². The fourth-order valence-electron chi connectivity index (χ4n) is 1.33. The van der Waals surface area contributed by atoms with Gasteiger partial charge in [-0.25, -0.2) is 4.79 Å². The molecule has 0 radical (unpaired) electrons. The third kappa shape index (κ3) is 9.24. The quantitative estimate of drug-likeness (QED) is 0.464. The van der Waals surface area contributed by atoms with Crippen LogP contribution in [-0.2, 0) is 4.79 Å². The summed E-state index contributed by atoms with van der Waals surface area (Å²) < 4.78 is 0. The van der Waals surface area contributed by atoms with E-state index in [4.69, 9.17) is 11.5 Å². The Morgan fingerprint density at radius 3 is 2.53 bits per heavy atom. The molecule has 0 aromatic rings. The summed E-state index contributed by atoms with van der Waals surface area (Å²) >= 11 is 0. The SMILES string of the molecule is C#CCCCCNC(=O)NC(C)(C)CC(=O)O. The molecule has 0 saturated carbocycles. The Bertz CT molecular complexity index is 305. The molecular formula is C12H20N2O3. The van der Waals surface area contributed by atoms with Gasteiger partial charge in [-0.05, 0) is 26.7 Å². The summed E-state index contributed by atoms with van der Waals surface area (Å²) in [5, 5.41) is 13.9. The van der Waals surface area contributed by atoms with Crippen LogP contribution in [0, 0.1) is 12.3 Å². The van der Waals surface area contributed by atoms with E-state index in [0.717, 1.165) is 12.8 Å². The molecule has 0 fully saturated rings. The van der Waals surface area contributed by atoms with Gasteiger partial charge in [-0.15, -0.1) is 12.3 Å². The highest BCUT2D eigenvalue weighted by Gasteiger charge is 2.23. The average Bonchev–Trinajstić information content (AvgIpc) is 2.14. The molecule has 0 saturated heterocycles. The molecule has 0 rings (SSSR count). The zero-order valence-corrected chi connectivity index (χ0v) is 10.4. The Kier molecular flexibility index (Phi) is 6.80. The summed E-state index contributed by atoms with van der Waals surface area (Å²) in [7, 11) is 0. The number of urea groups is 1. The normalized spacial score (nSPS) is 10.4. The van der Waals surface area contributed by atoms with Crippen molar-refractivity contribution < 1.29 is 14.7 Å². The molecule has 0 spiro atoms. The molecule has 0 aliphatic heterocycles. The van der Waals surface area contributed by atoms with Crippen molar-refractivity contribution in [2.24, 2.45) is 0 Å². The highest BCUT2D eigenvalue weighted by atomic mass is 16.4. The van der Waals surface area contributed by atoms with Crippen LogP contribution in [0.2, 0.25) is 0 Å². The third-order valence-electron chi connectivity index (χ3n) is 2.08. The van der Waals surface area contributed by atoms with Gasteiger partial charge in [0.15, 0.2) is 0 Å². The Balaban J connectivity index is 3.78. The summed E-state index contributed by atoms with van der Waals surface area (Å²) in [5.74, 6) is 1.58. The minimum Gasteiger partial charge on any atom is -0.481 e. The molecule has 0 aliphatic rings. The van der Waals surface area contributed by atoms with Gasteiger partial charge in [-0.3, -0.25) is 4.79 Å². The van der Waals surface area contributed by atoms with E-state index < -0.39 is 11.5 Å². The third-order valence-corrected chi connectivity index (χ3v) is 2.08. The zero-order chi connectivity index (χ0) is 13.3. The first-order chi connectivity index (χ1) is 7.87. The van der Waals surface area contributed by atoms with E-state index in [0.29, 0.717) is 13.0 Å². The first-order valence-corrected chi connectivity index (χ1v) is 5.58. The Morgan fingerprint density at radius 2 is 2.00 bits per heavy atom. The number of hydrogen-bond donors (Lipinski definition) is 3. The topological polar surface area (TPSA) is 78.4 Å². The number of terminal acetylenes is 1. The lowest BCUT2D eigenvalue weighted by atomic mass is 10.0. The maximum absolute atomic E-state index is 11.4. The number of unbranched alkanes of at least 4 members (excludes halogenated alkanes) is 2. The van der Waals surface area contributed by atoms with Crippen molar-refractivity contribution in [3.63, 3.8) is 0 Å². The lowest BCUT2D eigenvalue weighted by Crippen LogP contribution is -2.49. The summed E-state index contributed by atoms with van der Waals surface area (Å²) in [6, 6.07) is -0.350. The zero-order valence-electron chi connectivity index (χ0n) is 10.4. The number of carbonyl (C=O) groups is 2. The van der Waals surface area contributed by atoms with Gasteiger partial charge in [0.25, 0.3) is 0 Å². The van der Waals surface area contributed by atoms with Gasteiger partial charge in [0.1, 0.15) is 0 Å². The van der Waals surface area contributed by atoms with Crippen LogP contribution in [0.3, 0.4) is 0 Å². The van der Waals surface area contributed by atoms with Crippen molar-refractivity contribution in [1.82, 2.24) is 10.6 Å². The van der Waals surface area contributed by atoms with Gasteiger partial charge >= 0.3 is 12.0 Å². The molecule has 0 atom stereocenters. The van der Waals surface area contributed by atoms with Gasteiger partial charge < -0.3 is 15.7 Å². The van der Waals surface area contributed by atoms with Crippen molar-refractivity contribution in [2.75, 3.05) is 6.54 Å². The molecule has 5 heteroatoms. The lowest BCUT2D eigenvalue weighted by molar-refractivity contribution is -0.138. The second-order valence-corrected chi connectivity index (χ2v) is 4.50. The molecule has 96 valence electrons. The van der Waals surface area contributed by atoms with Crippen LogP contribution in [0.5, 0.6) is 0 Å². The highest BCUT2D eigenvalue weighted by Crippen LogP contribution is 2.07. The van der Waals surface area contributed by atoms with Crippen molar-refractivity contribution >= 4 is 12.0 Å². The average molecular weight is 240 g/mol. The first-order valence-electron chi connectivity index (χ1n) is 5.58. The van der Waals surface area contributed by atoms with E-state index in [-0.39, 0.29) is 12.5 Å². The van der Waals surface area contributed by atoms with Gasteiger partial charge in [0, 0.05) is 18.5 Å². The summed E-state index contributed by atoms with van der Waals surface area (Å²) in [6.45, 7) is 3.87. The predicted octanol–water partition coefficient (Wildman–Crippen LogP) is 1.34. The molecular weight excluding hydrogens is 220 g/mol. The maximum Gasteiger partial charge on any atom is 0.315 e. The molecule has 3 N–H and O–H groups in total. The minimum atomic E-state index is -0.940. The number of carboxylic acids is 1. The number of amides is 2. The summed E-state index contributed by atoms with van der Waals surface area (Å²) in [5.41, 5.74) is -0.755. The minimum absolute atomic E-state index is 0.114. The molecule has 0 heterocycles. The van der Waals surface area contributed by atoms with Crippen LogP contribution in [0.1, 0.15) is 39.5 Å². The molecule has 0 bridgehead atoms. The molecule has 0 aromatic carbocycles. The number of carbonyl (C=O) groups excluding carboxylic acids is 1. The second kappa shape index (κ2) is 7.55. The highest BCUT2D eigenvalue weighted by molar-refractivity contribution is 5.76. The predicted molar refractivity (Wildman–Crippen MR) is 65.6 cm³/mol. The first kappa shape index (κ1) is 15.3. The Morgan fingerprint density at radius 1 is 1.35 bits per heavy atom. The van der Waals surface area contributed by atoms with Gasteiger partial charge in [0.2, 0.25) is 0 Å². The molecule has 0 unspecified atom stereocenters. The van der Waals surface area contributed by atoms with E-state index in [1.165, 1.54) is 0 Å². The standard InChI is InChI=1S/C12H20N2O3/c1-4-5-6-7-8-13-11(17)14-12(2,3)9-10(15)16/h1H,5-9H2,2-3H3,(H,15,16)(H2,13,14,17). The van der Waals surface area contributed by atoms with Crippen molar-refractivity contribution in [1.29, 1.82) is 0 Å². The number of nitrogens with one attached hydrogen (secondary N) is 2. The van der Waals surface area contributed by atoms with E-state index in [1.807, 2.05) is 0 Å². The lowest BCUT2D eigenvalue weighted by Gasteiger charge is -2.24. The Labute approximate surface area is 102 Å². The Hall–Kier alpha value is -1.70. The molecule has 5 nitrogen and oxygen atoms in total. The molecule has 0 aromatic heterocycles. The molecule has 0 aliphatic carbocycles. The van der Waals surface area contributed by atoms with Crippen LogP contribution >= 0.6 is 0 Å². The fourth-order valence-corrected chi connectivity index (χ4v) is 1.33. The van der Waals surface area contributed by atoms with Crippen LogP contribution < -0.4 is 10.6 Å². The van der Waals surface area contributed by atoms with Crippen molar-refractivity contribution in [3.05, 3.63) is 0 Å². The van der Waals surface area contributed by atoms with E-state index >= 15 is 0 Å². The van der Waals surface area contributed by atoms with Crippen LogP contribution in [-0.4, -0.2) is 29.2 Å². The van der Waals surface area contributed by atoms with Crippen molar-refractivity contribution in [3.8, 4) is 12.3 Å². The summed E-state index contributed by atoms with van der Waals surface area (Å²) in [4.78, 5) is 22.0. The molecule has 2 amide bonds. The van der Waals surface area contributed by atoms with E-state index in [2.05, 4.69) is 16.6 Å². The number of hydrogen-bond acceptors (Lipinski definition) is 2.